The van der Waals surface area contributed by atoms with Crippen molar-refractivity contribution in [2.75, 3.05) is 0 Å². The van der Waals surface area contributed by atoms with Gasteiger partial charge >= 0.3 is 0 Å². The van der Waals surface area contributed by atoms with Gasteiger partial charge in [0.15, 0.2) is 5.65 Å². The Bertz CT molecular complexity index is 896. The molecule has 0 saturated carbocycles. The van der Waals surface area contributed by atoms with Crippen LogP contribution in [0.25, 0.3) is 23.2 Å². The van der Waals surface area contributed by atoms with Crippen molar-refractivity contribution in [2.45, 2.75) is 13.8 Å². The number of fused-ring (bicyclic) bond motifs is 1. The van der Waals surface area contributed by atoms with Gasteiger partial charge in [-0.15, -0.1) is 5.10 Å². The number of rotatable bonds is 2. The van der Waals surface area contributed by atoms with Gasteiger partial charge in [0.25, 0.3) is 5.56 Å². The molecule has 3 rings (SSSR count). The third-order valence-corrected chi connectivity index (χ3v) is 3.38. The van der Waals surface area contributed by atoms with Gasteiger partial charge in [-0.1, -0.05) is 24.3 Å². The lowest BCUT2D eigenvalue weighted by molar-refractivity contribution is 1.02. The van der Waals surface area contributed by atoms with Crippen LogP contribution in [0.4, 0.5) is 0 Å². The number of hydrogen-bond donors (Lipinski definition) is 1. The van der Waals surface area contributed by atoms with E-state index in [9.17, 15) is 4.79 Å². The zero-order chi connectivity index (χ0) is 14.8. The molecule has 3 aromatic rings. The van der Waals surface area contributed by atoms with E-state index in [2.05, 4.69) is 46.1 Å². The zero-order valence-corrected chi connectivity index (χ0v) is 11.8. The van der Waals surface area contributed by atoms with Crippen molar-refractivity contribution in [1.29, 1.82) is 0 Å². The third-order valence-electron chi connectivity index (χ3n) is 3.38. The largest absolute Gasteiger partial charge is 0.306 e. The van der Waals surface area contributed by atoms with Gasteiger partial charge in [0.1, 0.15) is 5.82 Å². The maximum absolute atomic E-state index is 11.9. The van der Waals surface area contributed by atoms with Gasteiger partial charge in [-0.3, -0.25) is 4.79 Å². The normalized spacial score (nSPS) is 11.3. The Morgan fingerprint density at radius 3 is 2.76 bits per heavy atom. The van der Waals surface area contributed by atoms with E-state index in [0.29, 0.717) is 16.9 Å². The molecular formula is C16H14N4O. The van der Waals surface area contributed by atoms with Crippen molar-refractivity contribution in [2.24, 2.45) is 0 Å². The predicted octanol–water partition coefficient (Wildman–Crippen LogP) is 2.50. The first kappa shape index (κ1) is 13.2. The topological polar surface area (TPSA) is 71.5 Å². The Morgan fingerprint density at radius 1 is 1.10 bits per heavy atom. The fourth-order valence-corrected chi connectivity index (χ4v) is 2.03. The number of nitrogens with zero attached hydrogens (tertiary/aromatic N) is 3. The van der Waals surface area contributed by atoms with Crippen LogP contribution in [0.2, 0.25) is 0 Å². The Kier molecular flexibility index (Phi) is 3.31. The minimum Gasteiger partial charge on any atom is -0.306 e. The minimum atomic E-state index is -0.213. The van der Waals surface area contributed by atoms with Crippen molar-refractivity contribution in [3.05, 3.63) is 63.3 Å². The van der Waals surface area contributed by atoms with Crippen LogP contribution >= 0.6 is 0 Å². The summed E-state index contributed by atoms with van der Waals surface area (Å²) in [6.45, 7) is 4.14. The van der Waals surface area contributed by atoms with E-state index in [1.165, 1.54) is 17.3 Å². The van der Waals surface area contributed by atoms with Crippen LogP contribution in [0.15, 0.2) is 35.3 Å². The standard InChI is InChI=1S/C16H14N4O/c1-10-3-4-12(9-11(10)2)5-6-14-18-15-13(16(21)19-14)7-8-17-20-15/h3-9H,1-2H3,(H,18,19,20,21)/b6-5+. The summed E-state index contributed by atoms with van der Waals surface area (Å²) in [6.07, 6.45) is 5.15. The van der Waals surface area contributed by atoms with E-state index in [0.717, 1.165) is 5.56 Å². The van der Waals surface area contributed by atoms with Gasteiger partial charge in [-0.25, -0.2) is 4.98 Å². The minimum absolute atomic E-state index is 0.213. The Labute approximate surface area is 121 Å². The molecule has 0 unspecified atom stereocenters. The Balaban J connectivity index is 1.99. The smallest absolute Gasteiger partial charge is 0.260 e. The molecule has 5 heteroatoms. The second kappa shape index (κ2) is 5.28. The first-order valence-electron chi connectivity index (χ1n) is 6.60. The van der Waals surface area contributed by atoms with Crippen molar-refractivity contribution < 1.29 is 0 Å². The van der Waals surface area contributed by atoms with Gasteiger partial charge in [-0.05, 0) is 42.7 Å². The molecule has 2 heterocycles. The summed E-state index contributed by atoms with van der Waals surface area (Å²) in [4.78, 5) is 18.9. The monoisotopic (exact) mass is 278 g/mol. The van der Waals surface area contributed by atoms with Crippen LogP contribution < -0.4 is 5.56 Å². The van der Waals surface area contributed by atoms with Gasteiger partial charge < -0.3 is 4.98 Å². The first-order chi connectivity index (χ1) is 10.1. The van der Waals surface area contributed by atoms with Crippen molar-refractivity contribution >= 4 is 23.2 Å². The molecule has 0 aliphatic heterocycles. The Morgan fingerprint density at radius 2 is 1.95 bits per heavy atom. The van der Waals surface area contributed by atoms with Crippen LogP contribution in [0.1, 0.15) is 22.5 Å². The second-order valence-corrected chi connectivity index (χ2v) is 4.90. The van der Waals surface area contributed by atoms with E-state index in [1.807, 2.05) is 12.1 Å². The van der Waals surface area contributed by atoms with Crippen molar-refractivity contribution in [3.63, 3.8) is 0 Å². The molecule has 0 amide bonds. The number of H-pyrrole nitrogens is 1. The highest BCUT2D eigenvalue weighted by Gasteiger charge is 2.02. The highest BCUT2D eigenvalue weighted by molar-refractivity contribution is 5.75. The van der Waals surface area contributed by atoms with Crippen molar-refractivity contribution in [3.8, 4) is 0 Å². The summed E-state index contributed by atoms with van der Waals surface area (Å²) >= 11 is 0. The van der Waals surface area contributed by atoms with E-state index in [4.69, 9.17) is 0 Å². The van der Waals surface area contributed by atoms with E-state index in [-0.39, 0.29) is 5.56 Å². The zero-order valence-electron chi connectivity index (χ0n) is 11.8. The molecule has 0 aliphatic rings. The third kappa shape index (κ3) is 2.72. The summed E-state index contributed by atoms with van der Waals surface area (Å²) in [5, 5.41) is 8.05. The van der Waals surface area contributed by atoms with Crippen LogP contribution in [-0.2, 0) is 0 Å². The van der Waals surface area contributed by atoms with Gasteiger partial charge in [0.05, 0.1) is 11.6 Å². The summed E-state index contributed by atoms with van der Waals surface area (Å²) in [5.74, 6) is 0.464. The van der Waals surface area contributed by atoms with Gasteiger partial charge in [-0.2, -0.15) is 5.10 Å². The number of hydrogen-bond acceptors (Lipinski definition) is 4. The number of aromatic nitrogens is 4. The van der Waals surface area contributed by atoms with Crippen LogP contribution in [0.5, 0.6) is 0 Å². The molecule has 0 radical (unpaired) electrons. The number of nitrogens with one attached hydrogen (secondary N) is 1. The number of aromatic amines is 1. The molecule has 104 valence electrons. The molecule has 5 nitrogen and oxygen atoms in total. The molecule has 2 aromatic heterocycles. The molecule has 0 aliphatic carbocycles. The van der Waals surface area contributed by atoms with Crippen LogP contribution in [-0.4, -0.2) is 20.2 Å². The van der Waals surface area contributed by atoms with Crippen molar-refractivity contribution in [1.82, 2.24) is 20.2 Å². The second-order valence-electron chi connectivity index (χ2n) is 4.90. The molecule has 0 fully saturated rings. The average Bonchev–Trinajstić information content (AvgIpc) is 2.49. The number of aryl methyl sites for hydroxylation is 2. The highest BCUT2D eigenvalue weighted by Crippen LogP contribution is 2.12. The lowest BCUT2D eigenvalue weighted by atomic mass is 10.1. The van der Waals surface area contributed by atoms with E-state index in [1.54, 1.807) is 12.1 Å². The molecular weight excluding hydrogens is 264 g/mol. The van der Waals surface area contributed by atoms with E-state index < -0.39 is 0 Å². The molecule has 0 spiro atoms. The van der Waals surface area contributed by atoms with Crippen LogP contribution in [0.3, 0.4) is 0 Å². The lowest BCUT2D eigenvalue weighted by Gasteiger charge is -2.01. The maximum atomic E-state index is 11.9. The van der Waals surface area contributed by atoms with Gasteiger partial charge in [0, 0.05) is 0 Å². The fourth-order valence-electron chi connectivity index (χ4n) is 2.03. The lowest BCUT2D eigenvalue weighted by Crippen LogP contribution is -2.10. The molecule has 0 atom stereocenters. The SMILES string of the molecule is Cc1ccc(/C=C/c2nc3nnccc3c(=O)[nH]2)cc1C. The quantitative estimate of drug-likeness (QED) is 0.781. The van der Waals surface area contributed by atoms with E-state index >= 15 is 0 Å². The fraction of sp³-hybridized carbons (Fsp3) is 0.125. The summed E-state index contributed by atoms with van der Waals surface area (Å²) in [5.41, 5.74) is 3.67. The summed E-state index contributed by atoms with van der Waals surface area (Å²) < 4.78 is 0. The van der Waals surface area contributed by atoms with Gasteiger partial charge in [0.2, 0.25) is 0 Å². The molecule has 1 aromatic carbocycles. The molecule has 21 heavy (non-hydrogen) atoms. The average molecular weight is 278 g/mol. The first-order valence-corrected chi connectivity index (χ1v) is 6.60. The highest BCUT2D eigenvalue weighted by atomic mass is 16.1. The molecule has 0 bridgehead atoms. The molecule has 0 saturated heterocycles. The summed E-state index contributed by atoms with van der Waals surface area (Å²) in [6, 6.07) is 7.78. The number of benzene rings is 1. The maximum Gasteiger partial charge on any atom is 0.260 e. The summed E-state index contributed by atoms with van der Waals surface area (Å²) in [7, 11) is 0. The van der Waals surface area contributed by atoms with Crippen LogP contribution in [0, 0.1) is 13.8 Å². The molecule has 1 N–H and O–H groups in total. The Hall–Kier alpha value is -2.82. The predicted molar refractivity (Wildman–Crippen MR) is 82.8 cm³/mol.